The molecular weight excluding hydrogens is 96.1 g/mol. The van der Waals surface area contributed by atoms with Crippen molar-refractivity contribution in [1.29, 1.82) is 0 Å². The first-order valence-corrected chi connectivity index (χ1v) is 3.55. The van der Waals surface area contributed by atoms with Crippen LogP contribution in [0.1, 0.15) is 41.9 Å². The highest BCUT2D eigenvalue weighted by Crippen LogP contribution is 2.17. The molecule has 0 saturated carbocycles. The fourth-order valence-electron chi connectivity index (χ4n) is 1.09. The second-order valence-corrected chi connectivity index (χ2v) is 2.55. The Kier molecular flexibility index (Phi) is 3.01. The molecule has 0 aromatic carbocycles. The third-order valence-electron chi connectivity index (χ3n) is 1.85. The normalized spacial score (nSPS) is 16.2. The molecule has 0 bridgehead atoms. The van der Waals surface area contributed by atoms with Gasteiger partial charge < -0.3 is 0 Å². The van der Waals surface area contributed by atoms with Gasteiger partial charge in [0.25, 0.3) is 0 Å². The van der Waals surface area contributed by atoms with Gasteiger partial charge in [0.2, 0.25) is 0 Å². The third kappa shape index (κ3) is 2.34. The lowest BCUT2D eigenvalue weighted by Crippen LogP contribution is -2.04. The minimum atomic E-state index is 0.590. The Labute approximate surface area is 54.7 Å². The van der Waals surface area contributed by atoms with E-state index in [9.17, 15) is 0 Å². The van der Waals surface area contributed by atoms with Gasteiger partial charge in [-0.1, -0.05) is 40.5 Å². The van der Waals surface area contributed by atoms with Crippen molar-refractivity contribution in [2.24, 2.45) is 11.8 Å². The van der Waals surface area contributed by atoms with E-state index in [2.05, 4.69) is 20.8 Å². The second kappa shape index (κ2) is 3.94. The van der Waals surface area contributed by atoms with Gasteiger partial charge in [0.1, 0.15) is 0 Å². The van der Waals surface area contributed by atoms with Crippen molar-refractivity contribution >= 4 is 0 Å². The van der Waals surface area contributed by atoms with Crippen LogP contribution in [0.4, 0.5) is 0 Å². The molecule has 0 aliphatic heterocycles. The molecule has 0 amide bonds. The van der Waals surface area contributed by atoms with E-state index in [0.717, 1.165) is 5.92 Å². The lowest BCUT2D eigenvalue weighted by molar-refractivity contribution is 0.362. The van der Waals surface area contributed by atoms with Crippen LogP contribution in [0.2, 0.25) is 0 Å². The summed E-state index contributed by atoms with van der Waals surface area (Å²) in [5.41, 5.74) is 0. The molecule has 0 rings (SSSR count). The van der Waals surface area contributed by atoms with Gasteiger partial charge in [0.05, 0.1) is 0 Å². The Morgan fingerprint density at radius 1 is 1.38 bits per heavy atom. The summed E-state index contributed by atoms with van der Waals surface area (Å²) in [5, 5.41) is 0. The van der Waals surface area contributed by atoms with E-state index >= 15 is 0 Å². The molecule has 0 aromatic rings. The largest absolute Gasteiger partial charge is 0.0651 e. The highest BCUT2D eigenvalue weighted by atomic mass is 14.1. The minimum absolute atomic E-state index is 0.590. The molecule has 0 spiro atoms. The molecule has 0 heterocycles. The van der Waals surface area contributed by atoms with E-state index in [-0.39, 0.29) is 0 Å². The average molecular weight is 115 g/mol. The van der Waals surface area contributed by atoms with Crippen LogP contribution < -0.4 is 0 Å². The van der Waals surface area contributed by atoms with Crippen LogP contribution in [0.5, 0.6) is 0 Å². The summed E-state index contributed by atoms with van der Waals surface area (Å²) in [6.07, 6.45) is 2.47. The fourth-order valence-corrected chi connectivity index (χ4v) is 1.09. The second-order valence-electron chi connectivity index (χ2n) is 2.55. The molecule has 0 nitrogen and oxygen atoms in total. The molecule has 0 N–H and O–H groups in total. The Morgan fingerprint density at radius 3 is 2.00 bits per heavy atom. The highest BCUT2D eigenvalue weighted by Gasteiger charge is 2.06. The van der Waals surface area contributed by atoms with E-state index in [1.807, 2.05) is 0 Å². The molecule has 1 atom stereocenters. The van der Waals surface area contributed by atoms with Crippen molar-refractivity contribution in [3.8, 4) is 0 Å². The first-order chi connectivity index (χ1) is 4.26. The van der Waals surface area contributed by atoms with Crippen molar-refractivity contribution in [2.45, 2.75) is 40.5 Å². The Morgan fingerprint density at radius 2 is 1.88 bits per heavy atom. The molecule has 0 aromatic heterocycles. The SMILES string of the molecule is [2H]C[C@@H](C)C(CC)CC. The van der Waals surface area contributed by atoms with Gasteiger partial charge in [0, 0.05) is 1.37 Å². The third-order valence-corrected chi connectivity index (χ3v) is 1.85. The zero-order valence-corrected chi connectivity index (χ0v) is 6.28. The zero-order chi connectivity index (χ0) is 7.28. The molecule has 0 aliphatic rings. The maximum Gasteiger partial charge on any atom is 0.0233 e. The van der Waals surface area contributed by atoms with Crippen molar-refractivity contribution in [3.63, 3.8) is 0 Å². The average Bonchev–Trinajstić information content (AvgIpc) is 1.90. The van der Waals surface area contributed by atoms with Gasteiger partial charge in [-0.3, -0.25) is 0 Å². The predicted octanol–water partition coefficient (Wildman–Crippen LogP) is 3.08. The van der Waals surface area contributed by atoms with Crippen LogP contribution in [0.3, 0.4) is 0 Å². The van der Waals surface area contributed by atoms with E-state index in [1.165, 1.54) is 12.8 Å². The molecule has 0 saturated heterocycles. The molecule has 8 heavy (non-hydrogen) atoms. The van der Waals surface area contributed by atoms with Gasteiger partial charge in [-0.05, 0) is 11.8 Å². The fraction of sp³-hybridized carbons (Fsp3) is 1.00. The maximum absolute atomic E-state index is 7.15. The molecule has 0 radical (unpaired) electrons. The van der Waals surface area contributed by atoms with Gasteiger partial charge >= 0.3 is 0 Å². The van der Waals surface area contributed by atoms with E-state index in [4.69, 9.17) is 1.37 Å². The first kappa shape index (κ1) is 6.12. The molecule has 0 heteroatoms. The summed E-state index contributed by atoms with van der Waals surface area (Å²) in [6.45, 7) is 7.18. The number of rotatable bonds is 3. The van der Waals surface area contributed by atoms with Crippen molar-refractivity contribution in [2.75, 3.05) is 0 Å². The smallest absolute Gasteiger partial charge is 0.0233 e. The Balaban J connectivity index is 3.50. The van der Waals surface area contributed by atoms with Crippen molar-refractivity contribution in [3.05, 3.63) is 0 Å². The Bertz CT molecular complexity index is 57.6. The standard InChI is InChI=1S/C8H18/c1-5-8(6-2)7(3)4/h7-8H,5-6H2,1-4H3/i3D/t7-/m0/s1. The summed E-state index contributed by atoms with van der Waals surface area (Å²) in [5.74, 6) is 1.38. The summed E-state index contributed by atoms with van der Waals surface area (Å²) >= 11 is 0. The van der Waals surface area contributed by atoms with Crippen LogP contribution >= 0.6 is 0 Å². The highest BCUT2D eigenvalue weighted by molar-refractivity contribution is 4.57. The van der Waals surface area contributed by atoms with Gasteiger partial charge in [-0.15, -0.1) is 0 Å². The topological polar surface area (TPSA) is 0 Å². The first-order valence-electron chi connectivity index (χ1n) is 4.26. The quantitative estimate of drug-likeness (QED) is 0.530. The molecule has 0 unspecified atom stereocenters. The lowest BCUT2D eigenvalue weighted by Gasteiger charge is -2.15. The summed E-state index contributed by atoms with van der Waals surface area (Å²) in [6, 6.07) is 0. The summed E-state index contributed by atoms with van der Waals surface area (Å²) < 4.78 is 7.15. The van der Waals surface area contributed by atoms with Gasteiger partial charge in [-0.25, -0.2) is 0 Å². The Hall–Kier alpha value is 0. The lowest BCUT2D eigenvalue weighted by atomic mass is 9.91. The molecule has 0 fully saturated rings. The van der Waals surface area contributed by atoms with Gasteiger partial charge in [-0.2, -0.15) is 0 Å². The van der Waals surface area contributed by atoms with Crippen LogP contribution in [-0.2, 0) is 0 Å². The van der Waals surface area contributed by atoms with E-state index in [1.54, 1.807) is 0 Å². The van der Waals surface area contributed by atoms with Crippen LogP contribution in [0.25, 0.3) is 0 Å². The summed E-state index contributed by atoms with van der Waals surface area (Å²) in [4.78, 5) is 0. The number of hydrogen-bond acceptors (Lipinski definition) is 0. The molecule has 50 valence electrons. The predicted molar refractivity (Wildman–Crippen MR) is 38.9 cm³/mol. The van der Waals surface area contributed by atoms with Crippen LogP contribution in [0, 0.1) is 11.8 Å². The van der Waals surface area contributed by atoms with Crippen molar-refractivity contribution < 1.29 is 1.37 Å². The van der Waals surface area contributed by atoms with Crippen molar-refractivity contribution in [1.82, 2.24) is 0 Å². The minimum Gasteiger partial charge on any atom is -0.0651 e. The molecule has 0 aliphatic carbocycles. The van der Waals surface area contributed by atoms with Gasteiger partial charge in [0.15, 0.2) is 0 Å². The zero-order valence-electron chi connectivity index (χ0n) is 7.28. The maximum atomic E-state index is 7.15. The van der Waals surface area contributed by atoms with Crippen LogP contribution in [-0.4, -0.2) is 0 Å². The number of hydrogen-bond donors (Lipinski definition) is 0. The monoisotopic (exact) mass is 115 g/mol. The van der Waals surface area contributed by atoms with E-state index in [0.29, 0.717) is 12.8 Å². The van der Waals surface area contributed by atoms with Crippen LogP contribution in [0.15, 0.2) is 0 Å². The van der Waals surface area contributed by atoms with E-state index < -0.39 is 0 Å². The molecular formula is C8H18. The summed E-state index contributed by atoms with van der Waals surface area (Å²) in [7, 11) is 0.